The average Bonchev–Trinajstić information content (AvgIpc) is 3.15. The minimum atomic E-state index is -0.598. The van der Waals surface area contributed by atoms with Crippen LogP contribution in [0.4, 0.5) is 0 Å². The third kappa shape index (κ3) is 11.2. The number of aryl methyl sites for hydroxylation is 2. The van der Waals surface area contributed by atoms with Crippen molar-refractivity contribution in [2.45, 2.75) is 124 Å². The van der Waals surface area contributed by atoms with Crippen LogP contribution in [0.3, 0.4) is 0 Å². The predicted molar refractivity (Wildman–Crippen MR) is 205 cm³/mol. The van der Waals surface area contributed by atoms with Crippen molar-refractivity contribution in [2.24, 2.45) is 29.6 Å². The molecule has 4 rings (SSSR count). The van der Waals surface area contributed by atoms with Crippen LogP contribution in [0.5, 0.6) is 0 Å². The van der Waals surface area contributed by atoms with Gasteiger partial charge in [-0.3, -0.25) is 0 Å². The summed E-state index contributed by atoms with van der Waals surface area (Å²) < 4.78 is 11.0. The number of aliphatic hydroxyl groups excluding tert-OH is 1. The van der Waals surface area contributed by atoms with Crippen LogP contribution in [0, 0.1) is 29.6 Å². The summed E-state index contributed by atoms with van der Waals surface area (Å²) in [5.74, 6) is 2.21. The van der Waals surface area contributed by atoms with Gasteiger partial charge in [0.05, 0.1) is 25.4 Å². The molecule has 0 radical (unpaired) electrons. The number of carbonyl (C=O) groups excluding carboxylic acids is 2. The quantitative estimate of drug-likeness (QED) is 0.0961. The number of rotatable bonds is 18. The Kier molecular flexibility index (Phi) is 15.9. The summed E-state index contributed by atoms with van der Waals surface area (Å²) >= 11 is 0. The molecule has 274 valence electrons. The second-order valence-electron chi connectivity index (χ2n) is 15.4. The molecule has 5 nitrogen and oxygen atoms in total. The van der Waals surface area contributed by atoms with Crippen molar-refractivity contribution in [1.82, 2.24) is 0 Å². The molecule has 0 bridgehead atoms. The second-order valence-corrected chi connectivity index (χ2v) is 15.4. The maximum atomic E-state index is 12.2. The van der Waals surface area contributed by atoms with E-state index in [0.717, 1.165) is 37.5 Å². The monoisotopic (exact) mass is 684 g/mol. The molecule has 2 aromatic carbocycles. The minimum Gasteiger partial charge on any atom is -0.462 e. The zero-order valence-corrected chi connectivity index (χ0v) is 31.5. The zero-order chi connectivity index (χ0) is 36.0. The van der Waals surface area contributed by atoms with E-state index in [1.54, 1.807) is 6.92 Å². The molecule has 0 heterocycles. The Balaban J connectivity index is 1.30. The molecule has 2 saturated carbocycles. The van der Waals surface area contributed by atoms with E-state index in [2.05, 4.69) is 76.4 Å². The molecular weight excluding hydrogens is 620 g/mol. The molecule has 5 heteroatoms. The van der Waals surface area contributed by atoms with E-state index in [0.29, 0.717) is 23.3 Å². The normalized spacial score (nSPS) is 22.8. The van der Waals surface area contributed by atoms with Crippen LogP contribution < -0.4 is 0 Å². The number of ether oxygens (including phenoxy) is 2. The first kappa shape index (κ1) is 39.6. The molecule has 2 aliphatic rings. The lowest BCUT2D eigenvalue weighted by Gasteiger charge is -2.42. The molecule has 2 fully saturated rings. The van der Waals surface area contributed by atoms with E-state index in [4.69, 9.17) is 9.47 Å². The van der Waals surface area contributed by atoms with E-state index in [1.807, 2.05) is 0 Å². The van der Waals surface area contributed by atoms with E-state index >= 15 is 0 Å². The molecule has 0 aromatic heterocycles. The first-order valence-corrected chi connectivity index (χ1v) is 19.7. The van der Waals surface area contributed by atoms with E-state index in [-0.39, 0.29) is 24.7 Å². The lowest BCUT2D eigenvalue weighted by molar-refractivity contribution is -0.145. The maximum Gasteiger partial charge on any atom is 0.335 e. The Morgan fingerprint density at radius 3 is 2.08 bits per heavy atom. The van der Waals surface area contributed by atoms with Gasteiger partial charge in [0.25, 0.3) is 0 Å². The maximum absolute atomic E-state index is 12.2. The van der Waals surface area contributed by atoms with Crippen LogP contribution in [0.25, 0.3) is 11.1 Å². The fraction of sp³-hybridized carbons (Fsp3) is 0.600. The highest BCUT2D eigenvalue weighted by Gasteiger charge is 2.36. The van der Waals surface area contributed by atoms with E-state index in [9.17, 15) is 14.7 Å². The molecule has 0 amide bonds. The molecule has 2 aromatic rings. The van der Waals surface area contributed by atoms with Crippen molar-refractivity contribution >= 4 is 11.9 Å². The first-order valence-electron chi connectivity index (χ1n) is 19.7. The molecular formula is C45H64O5. The lowest BCUT2D eigenvalue weighted by Crippen LogP contribution is -2.33. The van der Waals surface area contributed by atoms with Crippen LogP contribution in [0.2, 0.25) is 0 Å². The highest BCUT2D eigenvalue weighted by atomic mass is 16.5. The van der Waals surface area contributed by atoms with Crippen molar-refractivity contribution in [3.63, 3.8) is 0 Å². The smallest absolute Gasteiger partial charge is 0.335 e. The van der Waals surface area contributed by atoms with Gasteiger partial charge in [-0.25, -0.2) is 9.59 Å². The topological polar surface area (TPSA) is 72.8 Å². The highest BCUT2D eigenvalue weighted by molar-refractivity contribution is 5.88. The summed E-state index contributed by atoms with van der Waals surface area (Å²) in [5.41, 5.74) is 7.57. The van der Waals surface area contributed by atoms with Crippen LogP contribution in [-0.2, 0) is 31.9 Å². The summed E-state index contributed by atoms with van der Waals surface area (Å²) in [6.45, 7) is 15.7. The standard InChI is InChI=1S/C45H64O5/c1-7-10-11-12-36-21-22-42(26-34(36)8-2)39-17-13-37(14-18-39)38-15-19-40(20-16-38)43-24-23-41(35(9-3)27-43)25-33(29-49-44(47)31(4)5)30-50-45(48)32(6)28-46/h13-14,17-18,21-22,26,33,35,38,40-41,43,46H,4,6-12,15-16,19-20,23-25,27-30H2,1-3,5H3. The predicted octanol–water partition coefficient (Wildman–Crippen LogP) is 10.6. The van der Waals surface area contributed by atoms with Crippen LogP contribution in [-0.4, -0.2) is 36.9 Å². The fourth-order valence-electron chi connectivity index (χ4n) is 8.71. The van der Waals surface area contributed by atoms with Crippen molar-refractivity contribution in [3.05, 3.63) is 83.5 Å². The number of benzene rings is 2. The van der Waals surface area contributed by atoms with Crippen LogP contribution >= 0.6 is 0 Å². The number of hydrogen-bond acceptors (Lipinski definition) is 5. The molecule has 0 saturated heterocycles. The van der Waals surface area contributed by atoms with Gasteiger partial charge in [0, 0.05) is 11.5 Å². The summed E-state index contributed by atoms with van der Waals surface area (Å²) in [6.07, 6.45) is 16.9. The van der Waals surface area contributed by atoms with Gasteiger partial charge >= 0.3 is 11.9 Å². The SMILES string of the molecule is C=C(C)C(=O)OCC(COC(=O)C(=C)CO)CC1CCC(C2CCC(c3ccc(-c4ccc(CCCCC)c(CC)c4)cc3)CC2)CC1CC. The average molecular weight is 685 g/mol. The number of esters is 2. The molecule has 0 spiro atoms. The van der Waals surface area contributed by atoms with Gasteiger partial charge in [0.1, 0.15) is 0 Å². The Labute approximate surface area is 302 Å². The van der Waals surface area contributed by atoms with Crippen molar-refractivity contribution < 1.29 is 24.2 Å². The molecule has 4 unspecified atom stereocenters. The number of carbonyl (C=O) groups is 2. The number of unbranched alkanes of at least 4 members (excludes halogenated alkanes) is 2. The summed E-state index contributed by atoms with van der Waals surface area (Å²) in [5, 5.41) is 9.26. The highest BCUT2D eigenvalue weighted by Crippen LogP contribution is 2.47. The van der Waals surface area contributed by atoms with E-state index < -0.39 is 18.5 Å². The Morgan fingerprint density at radius 1 is 0.800 bits per heavy atom. The zero-order valence-electron chi connectivity index (χ0n) is 31.5. The van der Waals surface area contributed by atoms with Gasteiger partial charge < -0.3 is 14.6 Å². The Morgan fingerprint density at radius 2 is 1.46 bits per heavy atom. The fourth-order valence-corrected chi connectivity index (χ4v) is 8.71. The first-order chi connectivity index (χ1) is 24.2. The van der Waals surface area contributed by atoms with Gasteiger partial charge in [-0.2, -0.15) is 0 Å². The number of hydrogen-bond donors (Lipinski definition) is 1. The van der Waals surface area contributed by atoms with Gasteiger partial charge in [0.15, 0.2) is 0 Å². The summed E-state index contributed by atoms with van der Waals surface area (Å²) in [7, 11) is 0. The van der Waals surface area contributed by atoms with Crippen LogP contribution in [0.15, 0.2) is 66.8 Å². The number of aliphatic hydroxyl groups is 1. The summed E-state index contributed by atoms with van der Waals surface area (Å²) in [4.78, 5) is 24.4. The van der Waals surface area contributed by atoms with Crippen molar-refractivity contribution in [3.8, 4) is 11.1 Å². The molecule has 0 aliphatic heterocycles. The molecule has 50 heavy (non-hydrogen) atoms. The minimum absolute atomic E-state index is 0.0329. The molecule has 1 N–H and O–H groups in total. The van der Waals surface area contributed by atoms with Crippen LogP contribution in [0.1, 0.15) is 127 Å². The molecule has 4 atom stereocenters. The Hall–Kier alpha value is -3.18. The summed E-state index contributed by atoms with van der Waals surface area (Å²) in [6, 6.07) is 16.6. The largest absolute Gasteiger partial charge is 0.462 e. The van der Waals surface area contributed by atoms with E-state index in [1.165, 1.54) is 92.0 Å². The van der Waals surface area contributed by atoms with Crippen molar-refractivity contribution in [2.75, 3.05) is 19.8 Å². The third-order valence-corrected chi connectivity index (χ3v) is 11.9. The second kappa shape index (κ2) is 20.0. The molecule has 2 aliphatic carbocycles. The van der Waals surface area contributed by atoms with Gasteiger partial charge in [-0.1, -0.05) is 95.7 Å². The lowest BCUT2D eigenvalue weighted by atomic mass is 9.63. The third-order valence-electron chi connectivity index (χ3n) is 11.9. The van der Waals surface area contributed by atoms with Gasteiger partial charge in [-0.15, -0.1) is 0 Å². The van der Waals surface area contributed by atoms with Crippen molar-refractivity contribution in [1.29, 1.82) is 0 Å². The van der Waals surface area contributed by atoms with Gasteiger partial charge in [0.2, 0.25) is 0 Å². The van der Waals surface area contributed by atoms with Gasteiger partial charge in [-0.05, 0) is 135 Å². The Bertz CT molecular complexity index is 1400.